The average molecular weight is 593 g/mol. The molecule has 37 heavy (non-hydrogen) atoms. The minimum absolute atomic E-state index is 0. The van der Waals surface area contributed by atoms with Gasteiger partial charge in [0.15, 0.2) is 0 Å². The van der Waals surface area contributed by atoms with Crippen molar-refractivity contribution in [2.45, 2.75) is 16.7 Å². The first kappa shape index (κ1) is 36.0. The maximum atomic E-state index is 12.0. The normalized spacial score (nSPS) is 11.9. The van der Waals surface area contributed by atoms with E-state index >= 15 is 0 Å². The van der Waals surface area contributed by atoms with Gasteiger partial charge in [-0.05, 0) is 42.3 Å². The smallest absolute Gasteiger partial charge is 0.744 e. The number of anilines is 2. The number of hydrogen-bond donors (Lipinski definition) is 3. The molecule has 0 fully saturated rings. The van der Waals surface area contributed by atoms with Crippen LogP contribution in [-0.2, 0) is 30.4 Å². The molecule has 0 saturated heterocycles. The molecular formula is C19H22N4Na2O9S3. The zero-order chi connectivity index (χ0) is 26.6. The van der Waals surface area contributed by atoms with Gasteiger partial charge in [0.2, 0.25) is 0 Å². The molecule has 3 N–H and O–H groups in total. The van der Waals surface area contributed by atoms with E-state index in [1.807, 2.05) is 0 Å². The van der Waals surface area contributed by atoms with Crippen LogP contribution in [0.5, 0.6) is 0 Å². The van der Waals surface area contributed by atoms with Crippen LogP contribution in [0, 0.1) is 0 Å². The summed E-state index contributed by atoms with van der Waals surface area (Å²) in [6.07, 6.45) is 2.17. The molecule has 0 radical (unpaired) electrons. The Balaban J connectivity index is 0.00000648. The van der Waals surface area contributed by atoms with E-state index in [0.29, 0.717) is 6.54 Å². The SMILES string of the molecule is CCNC(=O)Nc1ccc(C=Cc2ccc(NS(=O)(=O)N(C)C)cc2S(=O)(=O)[O-])c(S(=O)(=O)[O-])c1.[Na+].[Na+]. The molecule has 2 rings (SSSR count). The first-order valence-electron chi connectivity index (χ1n) is 9.67. The molecule has 0 aliphatic carbocycles. The summed E-state index contributed by atoms with van der Waals surface area (Å²) in [6, 6.07) is 5.96. The number of urea groups is 1. The predicted octanol–water partition coefficient (Wildman–Crippen LogP) is -4.97. The van der Waals surface area contributed by atoms with Gasteiger partial charge in [-0.1, -0.05) is 24.3 Å². The molecule has 0 unspecified atom stereocenters. The Morgan fingerprint density at radius 2 is 1.27 bits per heavy atom. The Kier molecular flexibility index (Phi) is 14.0. The minimum atomic E-state index is -5.08. The van der Waals surface area contributed by atoms with Gasteiger partial charge in [-0.25, -0.2) is 21.6 Å². The molecule has 192 valence electrons. The molecule has 0 spiro atoms. The molecule has 0 atom stereocenters. The van der Waals surface area contributed by atoms with E-state index in [2.05, 4.69) is 15.4 Å². The molecule has 13 nitrogen and oxygen atoms in total. The first-order chi connectivity index (χ1) is 16.0. The Morgan fingerprint density at radius 1 is 0.838 bits per heavy atom. The van der Waals surface area contributed by atoms with Gasteiger partial charge in [0, 0.05) is 26.3 Å². The van der Waals surface area contributed by atoms with Crippen molar-refractivity contribution in [3.63, 3.8) is 0 Å². The van der Waals surface area contributed by atoms with Gasteiger partial charge in [-0.15, -0.1) is 0 Å². The van der Waals surface area contributed by atoms with Crippen molar-refractivity contribution in [2.75, 3.05) is 30.7 Å². The number of hydrogen-bond acceptors (Lipinski definition) is 9. The zero-order valence-electron chi connectivity index (χ0n) is 20.7. The van der Waals surface area contributed by atoms with Crippen LogP contribution in [0.25, 0.3) is 12.2 Å². The average Bonchev–Trinajstić information content (AvgIpc) is 2.71. The van der Waals surface area contributed by atoms with E-state index < -0.39 is 46.3 Å². The molecule has 18 heteroatoms. The third kappa shape index (κ3) is 10.6. The topological polar surface area (TPSA) is 205 Å². The van der Waals surface area contributed by atoms with Crippen molar-refractivity contribution < 1.29 is 98.3 Å². The van der Waals surface area contributed by atoms with Crippen molar-refractivity contribution in [3.05, 3.63) is 47.5 Å². The van der Waals surface area contributed by atoms with Crippen LogP contribution in [0.2, 0.25) is 0 Å². The summed E-state index contributed by atoms with van der Waals surface area (Å²) in [6.45, 7) is 1.97. The summed E-state index contributed by atoms with van der Waals surface area (Å²) in [5.41, 5.74) is -0.517. The maximum Gasteiger partial charge on any atom is 1.00 e. The minimum Gasteiger partial charge on any atom is -0.744 e. The van der Waals surface area contributed by atoms with Crippen molar-refractivity contribution in [1.82, 2.24) is 9.62 Å². The van der Waals surface area contributed by atoms with E-state index in [4.69, 9.17) is 0 Å². The Bertz CT molecular complexity index is 1480. The summed E-state index contributed by atoms with van der Waals surface area (Å²) in [5, 5.41) is 4.80. The number of benzene rings is 2. The van der Waals surface area contributed by atoms with E-state index in [-0.39, 0.29) is 81.6 Å². The van der Waals surface area contributed by atoms with Crippen molar-refractivity contribution in [1.29, 1.82) is 0 Å². The summed E-state index contributed by atoms with van der Waals surface area (Å²) in [5.74, 6) is 0. The second-order valence-electron chi connectivity index (χ2n) is 7.12. The van der Waals surface area contributed by atoms with Gasteiger partial charge in [-0.3, -0.25) is 4.72 Å². The quantitative estimate of drug-likeness (QED) is 0.145. The summed E-state index contributed by atoms with van der Waals surface area (Å²) < 4.78 is 97.5. The largest absolute Gasteiger partial charge is 1.00 e. The van der Waals surface area contributed by atoms with Crippen LogP contribution < -0.4 is 74.5 Å². The van der Waals surface area contributed by atoms with Crippen molar-refractivity contribution in [2.24, 2.45) is 0 Å². The van der Waals surface area contributed by atoms with E-state index in [1.54, 1.807) is 6.92 Å². The molecule has 2 aromatic rings. The predicted molar refractivity (Wildman–Crippen MR) is 127 cm³/mol. The molecule has 2 amide bonds. The van der Waals surface area contributed by atoms with Gasteiger partial charge < -0.3 is 19.7 Å². The van der Waals surface area contributed by atoms with Crippen LogP contribution in [0.4, 0.5) is 16.2 Å². The third-order valence-electron chi connectivity index (χ3n) is 4.33. The number of nitrogens with zero attached hydrogens (tertiary/aromatic N) is 1. The van der Waals surface area contributed by atoms with Crippen LogP contribution in [0.1, 0.15) is 18.1 Å². The number of amides is 2. The molecule has 0 heterocycles. The number of carbonyl (C=O) groups is 1. The van der Waals surface area contributed by atoms with Crippen molar-refractivity contribution >= 4 is 60.0 Å². The van der Waals surface area contributed by atoms with Gasteiger partial charge >= 0.3 is 75.4 Å². The first-order valence-corrected chi connectivity index (χ1v) is 13.9. The molecule has 0 bridgehead atoms. The molecular weight excluding hydrogens is 570 g/mol. The van der Waals surface area contributed by atoms with E-state index in [1.165, 1.54) is 32.3 Å². The van der Waals surface area contributed by atoms with Crippen LogP contribution >= 0.6 is 0 Å². The number of rotatable bonds is 9. The zero-order valence-corrected chi connectivity index (χ0v) is 27.1. The van der Waals surface area contributed by atoms with Gasteiger partial charge in [0.1, 0.15) is 20.2 Å². The van der Waals surface area contributed by atoms with Gasteiger partial charge in [0.25, 0.3) is 0 Å². The standard InChI is InChI=1S/C19H24N4O9S3.2Na/c1-4-20-19(24)21-15-9-7-13(17(11-15)33(25,26)27)5-6-14-8-10-16(12-18(14)34(28,29)30)22-35(31,32)23(2)3;;/h5-12,22H,4H2,1-3H3,(H2,20,21,24)(H,25,26,27)(H,28,29,30);;/q;2*+1/p-2. The molecule has 0 aromatic heterocycles. The number of nitrogens with one attached hydrogen (secondary N) is 3. The number of carbonyl (C=O) groups excluding carboxylic acids is 1. The maximum absolute atomic E-state index is 12.0. The fraction of sp³-hybridized carbons (Fsp3) is 0.211. The molecule has 0 saturated carbocycles. The molecule has 0 aliphatic rings. The van der Waals surface area contributed by atoms with Gasteiger partial charge in [0.05, 0.1) is 15.5 Å². The van der Waals surface area contributed by atoms with Crippen LogP contribution in [-0.4, -0.2) is 65.3 Å². The Morgan fingerprint density at radius 3 is 1.68 bits per heavy atom. The van der Waals surface area contributed by atoms with Crippen LogP contribution in [0.3, 0.4) is 0 Å². The van der Waals surface area contributed by atoms with Gasteiger partial charge in [-0.2, -0.15) is 12.7 Å². The fourth-order valence-electron chi connectivity index (χ4n) is 2.67. The second kappa shape index (κ2) is 14.4. The fourth-order valence-corrected chi connectivity index (χ4v) is 4.67. The summed E-state index contributed by atoms with van der Waals surface area (Å²) in [7, 11) is -11.6. The molecule has 2 aromatic carbocycles. The Labute approximate surface area is 260 Å². The third-order valence-corrected chi connectivity index (χ3v) is 7.57. The van der Waals surface area contributed by atoms with Crippen LogP contribution in [0.15, 0.2) is 46.2 Å². The van der Waals surface area contributed by atoms with Crippen molar-refractivity contribution in [3.8, 4) is 0 Å². The molecule has 0 aliphatic heterocycles. The van der Waals surface area contributed by atoms with E-state index in [9.17, 15) is 39.2 Å². The Hall–Kier alpha value is -1.02. The van der Waals surface area contributed by atoms with E-state index in [0.717, 1.165) is 34.7 Å². The monoisotopic (exact) mass is 592 g/mol. The summed E-state index contributed by atoms with van der Waals surface area (Å²) in [4.78, 5) is 10.2. The second-order valence-corrected chi connectivity index (χ2v) is 11.7. The summed E-state index contributed by atoms with van der Waals surface area (Å²) >= 11 is 0.